The highest BCUT2D eigenvalue weighted by atomic mass is 35.5. The molecule has 5 heterocycles. The molecule has 3 atom stereocenters. The molecule has 5 N–H and O–H groups in total. The Morgan fingerprint density at radius 2 is 0.821 bits per heavy atom. The number of halogens is 1. The van der Waals surface area contributed by atoms with Crippen molar-refractivity contribution in [3.05, 3.63) is 282 Å². The number of fused-ring (bicyclic) bond motifs is 2. The van der Waals surface area contributed by atoms with Crippen LogP contribution in [0.4, 0.5) is 17.5 Å². The maximum absolute atomic E-state index is 12.8. The molecule has 0 fully saturated rings. The fourth-order valence-electron chi connectivity index (χ4n) is 9.06. The van der Waals surface area contributed by atoms with Gasteiger partial charge in [0.2, 0.25) is 0 Å². The third-order valence-corrected chi connectivity index (χ3v) is 13.7. The van der Waals surface area contributed by atoms with Crippen molar-refractivity contribution in [1.29, 1.82) is 0 Å². The second kappa shape index (κ2) is 27.7. The van der Waals surface area contributed by atoms with Gasteiger partial charge in [-0.3, -0.25) is 33.7 Å². The van der Waals surface area contributed by atoms with E-state index in [0.717, 1.165) is 33.2 Å². The number of aromatic nitrogens is 10. The van der Waals surface area contributed by atoms with E-state index in [-0.39, 0.29) is 29.9 Å². The van der Waals surface area contributed by atoms with Gasteiger partial charge in [0.05, 0.1) is 59.2 Å². The highest BCUT2D eigenvalue weighted by Crippen LogP contribution is 2.25. The Morgan fingerprint density at radius 3 is 1.29 bits per heavy atom. The number of hydrogen-bond acceptors (Lipinski definition) is 13. The summed E-state index contributed by atoms with van der Waals surface area (Å²) in [7, 11) is 0. The van der Waals surface area contributed by atoms with Crippen molar-refractivity contribution < 1.29 is 9.59 Å². The van der Waals surface area contributed by atoms with Crippen LogP contribution in [-0.4, -0.2) is 60.8 Å². The van der Waals surface area contributed by atoms with Crippen molar-refractivity contribution >= 4 is 62.9 Å². The lowest BCUT2D eigenvalue weighted by atomic mass is 10.1. The van der Waals surface area contributed by atoms with E-state index in [0.29, 0.717) is 64.0 Å². The molecule has 0 aliphatic carbocycles. The Labute approximate surface area is 491 Å². The number of amides is 2. The zero-order chi connectivity index (χ0) is 58.0. The van der Waals surface area contributed by atoms with E-state index in [2.05, 4.69) is 114 Å². The molecule has 0 saturated carbocycles. The maximum Gasteiger partial charge on any atom is 0.251 e. The van der Waals surface area contributed by atoms with Gasteiger partial charge >= 0.3 is 0 Å². The van der Waals surface area contributed by atoms with Crippen LogP contribution in [0.3, 0.4) is 0 Å². The fourth-order valence-corrected chi connectivity index (χ4v) is 9.21. The number of anilines is 3. The molecule has 18 heteroatoms. The number of carbonyl (C=O) groups is 2. The molecule has 12 rings (SSSR count). The lowest BCUT2D eigenvalue weighted by Gasteiger charge is -2.15. The number of benzene rings is 7. The van der Waals surface area contributed by atoms with Gasteiger partial charge in [-0.15, -0.1) is 0 Å². The Kier molecular flexibility index (Phi) is 18.7. The fraction of sp³-hybridized carbons (Fsp3) is 0.121. The first kappa shape index (κ1) is 56.6. The lowest BCUT2D eigenvalue weighted by molar-refractivity contribution is 0.0943. The maximum atomic E-state index is 12.8. The smallest absolute Gasteiger partial charge is 0.251 e. The van der Waals surface area contributed by atoms with Crippen molar-refractivity contribution in [2.24, 2.45) is 0 Å². The normalized spacial score (nSPS) is 11.9. The summed E-state index contributed by atoms with van der Waals surface area (Å²) in [6.45, 7) is 7.17. The second-order valence-corrected chi connectivity index (χ2v) is 19.9. The minimum absolute atomic E-state index is 0.0743. The van der Waals surface area contributed by atoms with Crippen LogP contribution < -0.4 is 26.6 Å². The highest BCUT2D eigenvalue weighted by molar-refractivity contribution is 6.29. The van der Waals surface area contributed by atoms with Crippen molar-refractivity contribution in [3.8, 4) is 11.6 Å². The first-order valence-corrected chi connectivity index (χ1v) is 27.6. The lowest BCUT2D eigenvalue weighted by Crippen LogP contribution is -2.22. The summed E-state index contributed by atoms with van der Waals surface area (Å²) < 4.78 is 3.71. The molecule has 0 saturated heterocycles. The van der Waals surface area contributed by atoms with E-state index < -0.39 is 0 Å². The van der Waals surface area contributed by atoms with Gasteiger partial charge in [0, 0.05) is 42.3 Å². The zero-order valence-electron chi connectivity index (χ0n) is 46.3. The summed E-state index contributed by atoms with van der Waals surface area (Å²) in [5.41, 5.74) is 9.87. The Balaban J connectivity index is 0.000000150. The Bertz CT molecular complexity index is 4080. The molecular formula is C66H60ClN15O2. The van der Waals surface area contributed by atoms with Crippen LogP contribution in [0.2, 0.25) is 5.15 Å². The van der Waals surface area contributed by atoms with E-state index in [1.54, 1.807) is 61.8 Å². The van der Waals surface area contributed by atoms with E-state index in [4.69, 9.17) is 21.6 Å². The summed E-state index contributed by atoms with van der Waals surface area (Å²) in [6, 6.07) is 61.4. The highest BCUT2D eigenvalue weighted by Gasteiger charge is 2.16. The van der Waals surface area contributed by atoms with E-state index in [1.165, 1.54) is 17.3 Å². The Hall–Kier alpha value is -10.7. The molecule has 7 aromatic carbocycles. The quantitative estimate of drug-likeness (QED) is 0.0576. The molecule has 0 radical (unpaired) electrons. The zero-order valence-corrected chi connectivity index (χ0v) is 47.1. The van der Waals surface area contributed by atoms with Gasteiger partial charge in [-0.1, -0.05) is 163 Å². The third kappa shape index (κ3) is 15.0. The molecule has 2 amide bonds. The SMILES string of the molecule is C[C@H](Nc1cncc(-n2cnc3cc(C(=O)NCc4ccccc4)ccc32)n1)c1ccccc1.C[C@H](Nc1cncc(-n2cnc3ccc(C(=O)NCc4ccccc4)cc32)n1)c1ccccc1.C[C@H](Nc1cncc(Cl)n1)c1ccccc1. The number of hydrogen-bond donors (Lipinski definition) is 5. The van der Waals surface area contributed by atoms with Gasteiger partial charge in [-0.25, -0.2) is 24.9 Å². The number of carbonyl (C=O) groups excluding carboxylic acids is 2. The predicted molar refractivity (Wildman–Crippen MR) is 331 cm³/mol. The van der Waals surface area contributed by atoms with Crippen molar-refractivity contribution in [2.45, 2.75) is 52.0 Å². The van der Waals surface area contributed by atoms with E-state index >= 15 is 0 Å². The van der Waals surface area contributed by atoms with Gasteiger partial charge in [0.15, 0.2) is 11.6 Å². The molecule has 84 heavy (non-hydrogen) atoms. The minimum Gasteiger partial charge on any atom is -0.362 e. The van der Waals surface area contributed by atoms with Crippen LogP contribution in [0.25, 0.3) is 33.7 Å². The molecule has 17 nitrogen and oxygen atoms in total. The molecule has 12 aromatic rings. The van der Waals surface area contributed by atoms with Crippen LogP contribution in [0.1, 0.15) is 87.4 Å². The van der Waals surface area contributed by atoms with Crippen LogP contribution in [0.15, 0.2) is 238 Å². The number of nitrogens with zero attached hydrogens (tertiary/aromatic N) is 10. The predicted octanol–water partition coefficient (Wildman–Crippen LogP) is 13.1. The van der Waals surface area contributed by atoms with Crippen LogP contribution in [0, 0.1) is 0 Å². The number of rotatable bonds is 17. The largest absolute Gasteiger partial charge is 0.362 e. The van der Waals surface area contributed by atoms with Crippen LogP contribution in [-0.2, 0) is 13.1 Å². The van der Waals surface area contributed by atoms with Gasteiger partial charge < -0.3 is 26.6 Å². The number of imidazole rings is 2. The van der Waals surface area contributed by atoms with Gasteiger partial charge in [0.1, 0.15) is 35.3 Å². The topological polar surface area (TPSA) is 207 Å². The van der Waals surface area contributed by atoms with Gasteiger partial charge in [0.25, 0.3) is 11.8 Å². The van der Waals surface area contributed by atoms with Crippen molar-refractivity contribution in [2.75, 3.05) is 16.0 Å². The molecular weight excluding hydrogens is 1070 g/mol. The average Bonchev–Trinajstić information content (AvgIpc) is 3.57. The molecule has 5 aromatic heterocycles. The molecule has 0 bridgehead atoms. The van der Waals surface area contributed by atoms with Gasteiger partial charge in [-0.2, -0.15) is 0 Å². The Morgan fingerprint density at radius 1 is 0.429 bits per heavy atom. The van der Waals surface area contributed by atoms with Crippen molar-refractivity contribution in [1.82, 2.24) is 59.6 Å². The summed E-state index contributed by atoms with van der Waals surface area (Å²) in [6.07, 6.45) is 13.4. The second-order valence-electron chi connectivity index (χ2n) is 19.6. The van der Waals surface area contributed by atoms with E-state index in [9.17, 15) is 9.59 Å². The molecule has 0 spiro atoms. The summed E-state index contributed by atoms with van der Waals surface area (Å²) >= 11 is 5.76. The van der Waals surface area contributed by atoms with Crippen LogP contribution >= 0.6 is 11.6 Å². The first-order valence-electron chi connectivity index (χ1n) is 27.3. The van der Waals surface area contributed by atoms with Crippen molar-refractivity contribution in [3.63, 3.8) is 0 Å². The summed E-state index contributed by atoms with van der Waals surface area (Å²) in [5, 5.41) is 16.4. The molecule has 0 aliphatic heterocycles. The van der Waals surface area contributed by atoms with Crippen LogP contribution in [0.5, 0.6) is 0 Å². The monoisotopic (exact) mass is 1130 g/mol. The average molecular weight is 1130 g/mol. The standard InChI is InChI=1S/2C27H24N6O.C12H12ClN3/c1-19(21-10-6-3-7-11-21)31-25-16-28-17-26(32-25)33-18-30-23-14-22(12-13-24(23)33)27(34)29-15-20-8-4-2-5-9-20;1-19(21-10-6-3-7-11-21)31-25-16-28-17-26(32-25)33-18-30-23-13-12-22(14-24(23)33)27(34)29-15-20-8-4-2-5-9-20;1-9(10-5-3-2-4-6-10)15-12-8-14-7-11(13)16-12/h2*2-14,16-19H,15H2,1H3,(H,29,34)(H,31,32);2-9H,1H3,(H,15,16)/t2*19-;9-/m000/s1. The number of nitrogens with one attached hydrogen (secondary N) is 5. The molecule has 0 aliphatic rings. The van der Waals surface area contributed by atoms with E-state index in [1.807, 2.05) is 143 Å². The minimum atomic E-state index is -0.142. The third-order valence-electron chi connectivity index (χ3n) is 13.5. The summed E-state index contributed by atoms with van der Waals surface area (Å²) in [5.74, 6) is 3.01. The first-order chi connectivity index (χ1) is 41.1. The van der Waals surface area contributed by atoms with Gasteiger partial charge in [-0.05, 0) is 85.0 Å². The molecule has 0 unspecified atom stereocenters. The molecule has 418 valence electrons. The summed E-state index contributed by atoms with van der Waals surface area (Å²) in [4.78, 5) is 60.6.